The van der Waals surface area contributed by atoms with Crippen molar-refractivity contribution in [2.24, 2.45) is 0 Å². The lowest BCUT2D eigenvalue weighted by Gasteiger charge is -2.11. The summed E-state index contributed by atoms with van der Waals surface area (Å²) in [4.78, 5) is 10.4. The van der Waals surface area contributed by atoms with Crippen LogP contribution >= 0.6 is 0 Å². The molecule has 0 aromatic carbocycles. The third-order valence-electron chi connectivity index (χ3n) is 2.18. The van der Waals surface area contributed by atoms with E-state index in [0.29, 0.717) is 5.95 Å². The summed E-state index contributed by atoms with van der Waals surface area (Å²) in [7, 11) is 3.83. The van der Waals surface area contributed by atoms with E-state index in [2.05, 4.69) is 15.3 Å². The molecule has 1 rings (SSSR count). The molecule has 0 aliphatic carbocycles. The Labute approximate surface area is 96.5 Å². The fourth-order valence-corrected chi connectivity index (χ4v) is 1.29. The van der Waals surface area contributed by atoms with E-state index in [1.54, 1.807) is 6.20 Å². The molecule has 16 heavy (non-hydrogen) atoms. The van der Waals surface area contributed by atoms with E-state index in [0.717, 1.165) is 31.6 Å². The Morgan fingerprint density at radius 2 is 2.12 bits per heavy atom. The lowest BCUT2D eigenvalue weighted by atomic mass is 10.2. The Kier molecular flexibility index (Phi) is 5.56. The van der Waals surface area contributed by atoms with Crippen molar-refractivity contribution in [3.05, 3.63) is 12.3 Å². The molecule has 1 heterocycles. The maximum Gasteiger partial charge on any atom is 0.226 e. The molecule has 0 spiro atoms. The minimum atomic E-state index is 0.276. The van der Waals surface area contributed by atoms with Gasteiger partial charge in [-0.3, -0.25) is 0 Å². The zero-order chi connectivity index (χ0) is 11.8. The number of hydrogen-bond donors (Lipinski definition) is 2. The first-order valence-electron chi connectivity index (χ1n) is 5.59. The van der Waals surface area contributed by atoms with Crippen molar-refractivity contribution < 1.29 is 5.11 Å². The smallest absolute Gasteiger partial charge is 0.226 e. The number of nitrogens with zero attached hydrogens (tertiary/aromatic N) is 3. The summed E-state index contributed by atoms with van der Waals surface area (Å²) in [6, 6.07) is 1.86. The minimum absolute atomic E-state index is 0.276. The van der Waals surface area contributed by atoms with Gasteiger partial charge >= 0.3 is 0 Å². The number of rotatable bonds is 7. The number of aromatic nitrogens is 2. The molecule has 0 bridgehead atoms. The highest BCUT2D eigenvalue weighted by molar-refractivity contribution is 5.40. The predicted molar refractivity (Wildman–Crippen MR) is 65.8 cm³/mol. The molecule has 0 saturated carbocycles. The summed E-state index contributed by atoms with van der Waals surface area (Å²) in [5, 5.41) is 11.9. The third-order valence-corrected chi connectivity index (χ3v) is 2.18. The van der Waals surface area contributed by atoms with Gasteiger partial charge in [0, 0.05) is 33.4 Å². The van der Waals surface area contributed by atoms with E-state index >= 15 is 0 Å². The maximum atomic E-state index is 8.63. The Morgan fingerprint density at radius 1 is 1.31 bits per heavy atom. The zero-order valence-electron chi connectivity index (χ0n) is 9.98. The molecule has 2 N–H and O–H groups in total. The van der Waals surface area contributed by atoms with Gasteiger partial charge in [0.15, 0.2) is 0 Å². The Morgan fingerprint density at radius 3 is 2.81 bits per heavy atom. The number of hydrogen-bond acceptors (Lipinski definition) is 5. The molecule has 0 amide bonds. The minimum Gasteiger partial charge on any atom is -0.396 e. The second kappa shape index (κ2) is 7.00. The van der Waals surface area contributed by atoms with Gasteiger partial charge < -0.3 is 15.3 Å². The highest BCUT2D eigenvalue weighted by Gasteiger charge is 1.99. The highest BCUT2D eigenvalue weighted by Crippen LogP contribution is 2.08. The van der Waals surface area contributed by atoms with Crippen LogP contribution in [0.25, 0.3) is 0 Å². The van der Waals surface area contributed by atoms with E-state index in [1.165, 1.54) is 0 Å². The summed E-state index contributed by atoms with van der Waals surface area (Å²) < 4.78 is 0. The first kappa shape index (κ1) is 12.7. The molecule has 0 radical (unpaired) electrons. The van der Waals surface area contributed by atoms with E-state index in [-0.39, 0.29) is 6.61 Å². The van der Waals surface area contributed by atoms with Gasteiger partial charge in [-0.15, -0.1) is 0 Å². The van der Waals surface area contributed by atoms with E-state index < -0.39 is 0 Å². The van der Waals surface area contributed by atoms with Gasteiger partial charge in [0.05, 0.1) is 0 Å². The van der Waals surface area contributed by atoms with Gasteiger partial charge in [-0.25, -0.2) is 4.98 Å². The molecular formula is C11H20N4O. The van der Waals surface area contributed by atoms with Crippen LogP contribution in [-0.2, 0) is 0 Å². The average Bonchev–Trinajstić information content (AvgIpc) is 2.29. The van der Waals surface area contributed by atoms with Crippen molar-refractivity contribution in [3.63, 3.8) is 0 Å². The van der Waals surface area contributed by atoms with Crippen LogP contribution < -0.4 is 10.2 Å². The van der Waals surface area contributed by atoms with Gasteiger partial charge in [-0.2, -0.15) is 4.98 Å². The van der Waals surface area contributed by atoms with Gasteiger partial charge in [0.25, 0.3) is 0 Å². The average molecular weight is 224 g/mol. The van der Waals surface area contributed by atoms with Gasteiger partial charge in [-0.05, 0) is 25.3 Å². The quantitative estimate of drug-likeness (QED) is 0.680. The molecule has 1 aromatic rings. The largest absolute Gasteiger partial charge is 0.396 e. The van der Waals surface area contributed by atoms with Crippen LogP contribution in [0.5, 0.6) is 0 Å². The molecule has 0 aliphatic heterocycles. The number of aliphatic hydroxyl groups is 1. The molecule has 1 aromatic heterocycles. The summed E-state index contributed by atoms with van der Waals surface area (Å²) >= 11 is 0. The molecular weight excluding hydrogens is 204 g/mol. The van der Waals surface area contributed by atoms with Gasteiger partial charge in [-0.1, -0.05) is 0 Å². The third kappa shape index (κ3) is 4.44. The second-order valence-corrected chi connectivity index (χ2v) is 3.85. The standard InChI is InChI=1S/C11H20N4O/c1-15(2)11-13-8-6-10(14-11)12-7-4-3-5-9-16/h6,8,16H,3-5,7,9H2,1-2H3,(H,12,13,14). The molecule has 0 unspecified atom stereocenters. The van der Waals surface area contributed by atoms with Gasteiger partial charge in [0.1, 0.15) is 5.82 Å². The van der Waals surface area contributed by atoms with Crippen LogP contribution in [0.3, 0.4) is 0 Å². The van der Waals surface area contributed by atoms with E-state index in [1.807, 2.05) is 25.1 Å². The highest BCUT2D eigenvalue weighted by atomic mass is 16.2. The van der Waals surface area contributed by atoms with Crippen LogP contribution in [0.4, 0.5) is 11.8 Å². The molecule has 0 fully saturated rings. The first-order chi connectivity index (χ1) is 7.74. The monoisotopic (exact) mass is 224 g/mol. The molecule has 0 aliphatic rings. The van der Waals surface area contributed by atoms with Crippen molar-refractivity contribution >= 4 is 11.8 Å². The van der Waals surface area contributed by atoms with Crippen LogP contribution in [-0.4, -0.2) is 42.3 Å². The fourth-order valence-electron chi connectivity index (χ4n) is 1.29. The number of anilines is 2. The lowest BCUT2D eigenvalue weighted by molar-refractivity contribution is 0.283. The van der Waals surface area contributed by atoms with Crippen LogP contribution in [0, 0.1) is 0 Å². The summed E-state index contributed by atoms with van der Waals surface area (Å²) in [5.41, 5.74) is 0. The number of unbranched alkanes of at least 4 members (excludes halogenated alkanes) is 2. The van der Waals surface area contributed by atoms with Crippen LogP contribution in [0.15, 0.2) is 12.3 Å². The van der Waals surface area contributed by atoms with E-state index in [9.17, 15) is 0 Å². The molecule has 0 saturated heterocycles. The Hall–Kier alpha value is -1.36. The Bertz CT molecular complexity index is 304. The summed E-state index contributed by atoms with van der Waals surface area (Å²) in [5.74, 6) is 1.56. The van der Waals surface area contributed by atoms with Crippen molar-refractivity contribution in [2.75, 3.05) is 37.5 Å². The molecule has 5 nitrogen and oxygen atoms in total. The van der Waals surface area contributed by atoms with Crippen molar-refractivity contribution in [1.29, 1.82) is 0 Å². The first-order valence-corrected chi connectivity index (χ1v) is 5.59. The molecule has 90 valence electrons. The lowest BCUT2D eigenvalue weighted by Crippen LogP contribution is -2.14. The van der Waals surface area contributed by atoms with Gasteiger partial charge in [0.2, 0.25) is 5.95 Å². The summed E-state index contributed by atoms with van der Waals surface area (Å²) in [6.45, 7) is 1.15. The predicted octanol–water partition coefficient (Wildman–Crippen LogP) is 1.12. The SMILES string of the molecule is CN(C)c1nccc(NCCCCCO)n1. The topological polar surface area (TPSA) is 61.3 Å². The molecule has 0 atom stereocenters. The van der Waals surface area contributed by atoms with Crippen molar-refractivity contribution in [3.8, 4) is 0 Å². The second-order valence-electron chi connectivity index (χ2n) is 3.85. The summed E-state index contributed by atoms with van der Waals surface area (Å²) in [6.07, 6.45) is 4.70. The zero-order valence-corrected chi connectivity index (χ0v) is 9.98. The van der Waals surface area contributed by atoms with E-state index in [4.69, 9.17) is 5.11 Å². The normalized spacial score (nSPS) is 10.2. The number of nitrogens with one attached hydrogen (secondary N) is 1. The van der Waals surface area contributed by atoms with Crippen molar-refractivity contribution in [2.45, 2.75) is 19.3 Å². The van der Waals surface area contributed by atoms with Crippen molar-refractivity contribution in [1.82, 2.24) is 9.97 Å². The van der Waals surface area contributed by atoms with Crippen LogP contribution in [0.1, 0.15) is 19.3 Å². The molecule has 5 heteroatoms. The maximum absolute atomic E-state index is 8.63. The van der Waals surface area contributed by atoms with Crippen LogP contribution in [0.2, 0.25) is 0 Å². The number of aliphatic hydroxyl groups excluding tert-OH is 1. The fraction of sp³-hybridized carbons (Fsp3) is 0.636. The Balaban J connectivity index is 2.33.